The number of aromatic amines is 1. The van der Waals surface area contributed by atoms with Crippen molar-refractivity contribution in [2.75, 3.05) is 7.11 Å². The zero-order valence-electron chi connectivity index (χ0n) is 8.21. The van der Waals surface area contributed by atoms with Crippen molar-refractivity contribution >= 4 is 32.8 Å². The van der Waals surface area contributed by atoms with Gasteiger partial charge in [0.1, 0.15) is 0 Å². The molecule has 2 aromatic rings. The Bertz CT molecular complexity index is 504. The summed E-state index contributed by atoms with van der Waals surface area (Å²) in [5.41, 5.74) is 1.90. The molecule has 0 bridgehead atoms. The van der Waals surface area contributed by atoms with Gasteiger partial charge in [-0.2, -0.15) is 0 Å². The number of carbonyl (C=O) groups is 1. The second-order valence-corrected chi connectivity index (χ2v) is 4.19. The van der Waals surface area contributed by atoms with Crippen molar-refractivity contribution in [1.29, 1.82) is 0 Å². The number of methoxy groups -OCH3 is 1. The monoisotopic (exact) mass is 267 g/mol. The second-order valence-electron chi connectivity index (χ2n) is 3.28. The summed E-state index contributed by atoms with van der Waals surface area (Å²) >= 11 is 3.40. The first-order valence-corrected chi connectivity index (χ1v) is 5.32. The molecule has 2 rings (SSSR count). The minimum Gasteiger partial charge on any atom is -0.469 e. The minimum absolute atomic E-state index is 0.236. The van der Waals surface area contributed by atoms with E-state index in [1.807, 2.05) is 24.3 Å². The number of esters is 1. The molecule has 1 aromatic carbocycles. The molecule has 0 unspecified atom stereocenters. The van der Waals surface area contributed by atoms with Crippen LogP contribution < -0.4 is 0 Å². The van der Waals surface area contributed by atoms with Gasteiger partial charge in [0.2, 0.25) is 0 Å². The largest absolute Gasteiger partial charge is 0.469 e. The fourth-order valence-electron chi connectivity index (χ4n) is 1.49. The van der Waals surface area contributed by atoms with E-state index in [0.717, 1.165) is 21.1 Å². The molecule has 0 aliphatic heterocycles. The Labute approximate surface area is 95.6 Å². The van der Waals surface area contributed by atoms with E-state index in [4.69, 9.17) is 0 Å². The van der Waals surface area contributed by atoms with Crippen LogP contribution in [-0.2, 0) is 16.0 Å². The lowest BCUT2D eigenvalue weighted by Crippen LogP contribution is -2.04. The van der Waals surface area contributed by atoms with Gasteiger partial charge in [-0.15, -0.1) is 0 Å². The molecule has 0 saturated carbocycles. The van der Waals surface area contributed by atoms with E-state index in [2.05, 4.69) is 25.7 Å². The molecule has 0 atom stereocenters. The quantitative estimate of drug-likeness (QED) is 0.851. The smallest absolute Gasteiger partial charge is 0.311 e. The molecule has 78 valence electrons. The van der Waals surface area contributed by atoms with Crippen molar-refractivity contribution in [3.05, 3.63) is 34.4 Å². The van der Waals surface area contributed by atoms with Crippen LogP contribution in [0.25, 0.3) is 10.9 Å². The first-order valence-electron chi connectivity index (χ1n) is 4.53. The second kappa shape index (κ2) is 4.06. The van der Waals surface area contributed by atoms with Crippen molar-refractivity contribution < 1.29 is 9.53 Å². The average molecular weight is 268 g/mol. The van der Waals surface area contributed by atoms with Gasteiger partial charge in [0.25, 0.3) is 0 Å². The zero-order valence-corrected chi connectivity index (χ0v) is 9.80. The van der Waals surface area contributed by atoms with Gasteiger partial charge in [0, 0.05) is 21.1 Å². The Morgan fingerprint density at radius 2 is 2.27 bits per heavy atom. The molecule has 0 amide bonds. The van der Waals surface area contributed by atoms with E-state index >= 15 is 0 Å². The lowest BCUT2D eigenvalue weighted by atomic mass is 10.2. The molecule has 1 N–H and O–H groups in total. The molecule has 0 fully saturated rings. The molecule has 0 saturated heterocycles. The number of carbonyl (C=O) groups excluding carboxylic acids is 1. The third kappa shape index (κ3) is 2.21. The van der Waals surface area contributed by atoms with E-state index in [1.54, 1.807) is 0 Å². The average Bonchev–Trinajstić information content (AvgIpc) is 2.59. The molecule has 0 spiro atoms. The Morgan fingerprint density at radius 1 is 1.47 bits per heavy atom. The lowest BCUT2D eigenvalue weighted by molar-refractivity contribution is -0.139. The number of rotatable bonds is 2. The highest BCUT2D eigenvalue weighted by atomic mass is 79.9. The zero-order chi connectivity index (χ0) is 10.8. The first-order chi connectivity index (χ1) is 7.19. The van der Waals surface area contributed by atoms with Crippen LogP contribution in [0.2, 0.25) is 0 Å². The van der Waals surface area contributed by atoms with Crippen LogP contribution in [-0.4, -0.2) is 18.1 Å². The fraction of sp³-hybridized carbons (Fsp3) is 0.182. The van der Waals surface area contributed by atoms with Gasteiger partial charge in [-0.25, -0.2) is 0 Å². The van der Waals surface area contributed by atoms with Crippen LogP contribution in [0.3, 0.4) is 0 Å². The van der Waals surface area contributed by atoms with E-state index in [1.165, 1.54) is 7.11 Å². The standard InChI is InChI=1S/C11H10BrNO2/c1-15-11(14)6-9-5-7-4-8(12)2-3-10(7)13-9/h2-5,13H,6H2,1H3. The molecule has 1 aromatic heterocycles. The van der Waals surface area contributed by atoms with E-state index in [9.17, 15) is 4.79 Å². The number of fused-ring (bicyclic) bond motifs is 1. The first kappa shape index (κ1) is 10.2. The summed E-state index contributed by atoms with van der Waals surface area (Å²) < 4.78 is 5.63. The summed E-state index contributed by atoms with van der Waals surface area (Å²) in [6.45, 7) is 0. The fourth-order valence-corrected chi connectivity index (χ4v) is 1.87. The summed E-state index contributed by atoms with van der Waals surface area (Å²) in [5, 5.41) is 1.09. The maximum atomic E-state index is 11.1. The number of aromatic nitrogens is 1. The number of nitrogens with one attached hydrogen (secondary N) is 1. The normalized spacial score (nSPS) is 10.5. The number of hydrogen-bond acceptors (Lipinski definition) is 2. The summed E-state index contributed by atoms with van der Waals surface area (Å²) in [7, 11) is 1.39. The predicted molar refractivity (Wildman–Crippen MR) is 61.7 cm³/mol. The van der Waals surface area contributed by atoms with Crippen molar-refractivity contribution in [3.8, 4) is 0 Å². The topological polar surface area (TPSA) is 42.1 Å². The SMILES string of the molecule is COC(=O)Cc1cc2cc(Br)ccc2[nH]1. The van der Waals surface area contributed by atoms with Crippen LogP contribution in [0.4, 0.5) is 0 Å². The molecule has 0 radical (unpaired) electrons. The Kier molecular flexibility index (Phi) is 2.77. The molecular weight excluding hydrogens is 258 g/mol. The number of ether oxygens (including phenoxy) is 1. The Balaban J connectivity index is 2.34. The lowest BCUT2D eigenvalue weighted by Gasteiger charge is -1.94. The van der Waals surface area contributed by atoms with Crippen LogP contribution in [0.1, 0.15) is 5.69 Å². The number of halogens is 1. The Morgan fingerprint density at radius 3 is 3.00 bits per heavy atom. The van der Waals surface area contributed by atoms with Gasteiger partial charge < -0.3 is 9.72 Å². The van der Waals surface area contributed by atoms with Crippen molar-refractivity contribution in [3.63, 3.8) is 0 Å². The van der Waals surface area contributed by atoms with E-state index in [0.29, 0.717) is 0 Å². The highest BCUT2D eigenvalue weighted by molar-refractivity contribution is 9.10. The molecule has 4 heteroatoms. The van der Waals surface area contributed by atoms with Crippen molar-refractivity contribution in [2.45, 2.75) is 6.42 Å². The van der Waals surface area contributed by atoms with Crippen LogP contribution in [0.5, 0.6) is 0 Å². The molecule has 0 aliphatic rings. The highest BCUT2D eigenvalue weighted by Crippen LogP contribution is 2.20. The molecule has 15 heavy (non-hydrogen) atoms. The number of H-pyrrole nitrogens is 1. The summed E-state index contributed by atoms with van der Waals surface area (Å²) in [6, 6.07) is 7.89. The minimum atomic E-state index is -0.236. The van der Waals surface area contributed by atoms with Crippen LogP contribution in [0.15, 0.2) is 28.7 Å². The van der Waals surface area contributed by atoms with Gasteiger partial charge in [0.05, 0.1) is 13.5 Å². The number of hydrogen-bond donors (Lipinski definition) is 1. The third-order valence-electron chi connectivity index (χ3n) is 2.20. The third-order valence-corrected chi connectivity index (χ3v) is 2.69. The summed E-state index contributed by atoms with van der Waals surface area (Å²) in [4.78, 5) is 14.2. The Hall–Kier alpha value is -1.29. The molecule has 0 aliphatic carbocycles. The van der Waals surface area contributed by atoms with Crippen LogP contribution in [0, 0.1) is 0 Å². The summed E-state index contributed by atoms with van der Waals surface area (Å²) in [6.07, 6.45) is 0.281. The van der Waals surface area contributed by atoms with Gasteiger partial charge in [-0.3, -0.25) is 4.79 Å². The maximum absolute atomic E-state index is 11.1. The van der Waals surface area contributed by atoms with E-state index < -0.39 is 0 Å². The van der Waals surface area contributed by atoms with Crippen molar-refractivity contribution in [2.24, 2.45) is 0 Å². The predicted octanol–water partition coefficient (Wildman–Crippen LogP) is 2.65. The van der Waals surface area contributed by atoms with Gasteiger partial charge in [-0.1, -0.05) is 15.9 Å². The van der Waals surface area contributed by atoms with Gasteiger partial charge >= 0.3 is 5.97 Å². The number of benzene rings is 1. The van der Waals surface area contributed by atoms with Gasteiger partial charge in [-0.05, 0) is 24.3 Å². The van der Waals surface area contributed by atoms with Crippen LogP contribution >= 0.6 is 15.9 Å². The molecular formula is C11H10BrNO2. The maximum Gasteiger partial charge on any atom is 0.311 e. The molecule has 3 nitrogen and oxygen atoms in total. The van der Waals surface area contributed by atoms with E-state index in [-0.39, 0.29) is 12.4 Å². The van der Waals surface area contributed by atoms with Crippen molar-refractivity contribution in [1.82, 2.24) is 4.98 Å². The van der Waals surface area contributed by atoms with Gasteiger partial charge in [0.15, 0.2) is 0 Å². The highest BCUT2D eigenvalue weighted by Gasteiger charge is 2.06. The molecule has 1 heterocycles. The summed E-state index contributed by atoms with van der Waals surface area (Å²) in [5.74, 6) is -0.236.